The van der Waals surface area contributed by atoms with Gasteiger partial charge in [0.2, 0.25) is 5.91 Å². The fourth-order valence-electron chi connectivity index (χ4n) is 6.07. The lowest BCUT2D eigenvalue weighted by Gasteiger charge is -2.44. The van der Waals surface area contributed by atoms with Crippen molar-refractivity contribution >= 4 is 28.9 Å². The molecule has 0 radical (unpaired) electrons. The highest BCUT2D eigenvalue weighted by Gasteiger charge is 2.42. The number of benzene rings is 1. The van der Waals surface area contributed by atoms with Gasteiger partial charge in [-0.3, -0.25) is 9.59 Å². The Labute approximate surface area is 265 Å². The molecule has 2 aromatic rings. The first-order valence-electron chi connectivity index (χ1n) is 16.1. The highest BCUT2D eigenvalue weighted by Crippen LogP contribution is 2.28. The quantitative estimate of drug-likeness (QED) is 0.336. The van der Waals surface area contributed by atoms with Crippen LogP contribution in [0.4, 0.5) is 9.18 Å². The summed E-state index contributed by atoms with van der Waals surface area (Å²) in [5.41, 5.74) is 1.12. The van der Waals surface area contributed by atoms with Crippen LogP contribution in [0.1, 0.15) is 70.1 Å². The number of aromatic nitrogens is 2. The molecule has 2 atom stereocenters. The highest BCUT2D eigenvalue weighted by atomic mass is 19.1. The molecule has 250 valence electrons. The van der Waals surface area contributed by atoms with Gasteiger partial charge in [-0.05, 0) is 63.6 Å². The van der Waals surface area contributed by atoms with Crippen molar-refractivity contribution in [3.8, 4) is 0 Å². The summed E-state index contributed by atoms with van der Waals surface area (Å²) in [5.74, 6) is -0.446. The molecule has 2 aliphatic rings. The van der Waals surface area contributed by atoms with E-state index in [1.165, 1.54) is 0 Å². The van der Waals surface area contributed by atoms with E-state index in [9.17, 15) is 18.8 Å². The first-order chi connectivity index (χ1) is 21.4. The summed E-state index contributed by atoms with van der Waals surface area (Å²) >= 11 is 0. The van der Waals surface area contributed by atoms with Crippen molar-refractivity contribution in [2.45, 2.75) is 78.7 Å². The van der Waals surface area contributed by atoms with Crippen molar-refractivity contribution in [1.82, 2.24) is 24.3 Å². The van der Waals surface area contributed by atoms with Crippen molar-refractivity contribution in [2.75, 3.05) is 59.7 Å². The van der Waals surface area contributed by atoms with E-state index in [2.05, 4.69) is 0 Å². The van der Waals surface area contributed by atoms with Gasteiger partial charge < -0.3 is 33.5 Å². The largest absolute Gasteiger partial charge is 0.444 e. The van der Waals surface area contributed by atoms with Crippen molar-refractivity contribution in [2.24, 2.45) is 11.8 Å². The van der Waals surface area contributed by atoms with E-state index in [4.69, 9.17) is 19.2 Å². The molecule has 0 saturated carbocycles. The number of carbonyl (C=O) groups excluding carboxylic acids is 3. The Hall–Kier alpha value is -3.25. The number of alkyl halides is 1. The maximum absolute atomic E-state index is 14.6. The molecule has 4 rings (SSSR count). The Bertz CT molecular complexity index is 1320. The number of halogens is 1. The number of morpholine rings is 1. The molecular formula is C33H50FN5O6. The van der Waals surface area contributed by atoms with Crippen molar-refractivity contribution in [3.63, 3.8) is 0 Å². The van der Waals surface area contributed by atoms with Crippen LogP contribution in [0.3, 0.4) is 0 Å². The fraction of sp³-hybridized carbons (Fsp3) is 0.697. The van der Waals surface area contributed by atoms with Crippen LogP contribution in [0.25, 0.3) is 11.0 Å². The van der Waals surface area contributed by atoms with Gasteiger partial charge in [-0.25, -0.2) is 14.2 Å². The van der Waals surface area contributed by atoms with E-state index in [1.54, 1.807) is 40.0 Å². The molecule has 11 nitrogen and oxygen atoms in total. The summed E-state index contributed by atoms with van der Waals surface area (Å²) in [6.07, 6.45) is 1.44. The van der Waals surface area contributed by atoms with Gasteiger partial charge in [0.25, 0.3) is 5.91 Å². The Morgan fingerprint density at radius 2 is 1.84 bits per heavy atom. The molecule has 12 heteroatoms. The van der Waals surface area contributed by atoms with E-state index in [0.717, 1.165) is 12.8 Å². The van der Waals surface area contributed by atoms with E-state index in [0.29, 0.717) is 69.0 Å². The van der Waals surface area contributed by atoms with Gasteiger partial charge >= 0.3 is 6.09 Å². The monoisotopic (exact) mass is 631 g/mol. The average Bonchev–Trinajstić information content (AvgIpc) is 3.38. The van der Waals surface area contributed by atoms with Gasteiger partial charge in [-0.2, -0.15) is 0 Å². The number of nitrogens with zero attached hydrogens (tertiary/aromatic N) is 5. The van der Waals surface area contributed by atoms with Gasteiger partial charge in [-0.1, -0.05) is 19.9 Å². The number of amides is 3. The summed E-state index contributed by atoms with van der Waals surface area (Å²) in [7, 11) is 1.65. The number of imidazole rings is 1. The van der Waals surface area contributed by atoms with Gasteiger partial charge in [0.15, 0.2) is 5.82 Å². The zero-order valence-electron chi connectivity index (χ0n) is 27.7. The topological polar surface area (TPSA) is 106 Å². The molecule has 3 heterocycles. The van der Waals surface area contributed by atoms with Gasteiger partial charge in [0.1, 0.15) is 12.3 Å². The average molecular weight is 632 g/mol. The van der Waals surface area contributed by atoms with Crippen LogP contribution in [0, 0.1) is 11.8 Å². The van der Waals surface area contributed by atoms with E-state index >= 15 is 0 Å². The maximum Gasteiger partial charge on any atom is 0.410 e. The number of aryl methyl sites for hydroxylation is 1. The summed E-state index contributed by atoms with van der Waals surface area (Å²) in [4.78, 5) is 51.7. The molecule has 0 N–H and O–H groups in total. The van der Waals surface area contributed by atoms with Crippen LogP contribution in [0.15, 0.2) is 18.2 Å². The number of unbranched alkanes of at least 4 members (excludes halogenated alkanes) is 1. The molecule has 0 spiro atoms. The van der Waals surface area contributed by atoms with Gasteiger partial charge in [0.05, 0.1) is 36.2 Å². The zero-order valence-corrected chi connectivity index (χ0v) is 27.7. The van der Waals surface area contributed by atoms with Gasteiger partial charge in [-0.15, -0.1) is 0 Å². The molecule has 0 bridgehead atoms. The fourth-order valence-corrected chi connectivity index (χ4v) is 6.07. The number of methoxy groups -OCH3 is 1. The first-order valence-corrected chi connectivity index (χ1v) is 16.1. The third kappa shape index (κ3) is 8.94. The number of hydrogen-bond donors (Lipinski definition) is 0. The Balaban J connectivity index is 1.71. The minimum atomic E-state index is -0.715. The van der Waals surface area contributed by atoms with Crippen LogP contribution in [-0.4, -0.2) is 113 Å². The number of fused-ring (bicyclic) bond motifs is 1. The lowest BCUT2D eigenvalue weighted by molar-refractivity contribution is -0.142. The lowest BCUT2D eigenvalue weighted by atomic mass is 9.91. The SMILES string of the molecule is COCCCCn1c(C(=O)N(CC(C)C)C2CC(C(=O)N3CCOCC3)CN(C(=O)OC(C)(C)C)C2)nc2ccc(CF)cc21. The Morgan fingerprint density at radius 3 is 2.49 bits per heavy atom. The number of carbonyl (C=O) groups is 3. The molecule has 2 saturated heterocycles. The third-order valence-corrected chi connectivity index (χ3v) is 8.15. The van der Waals surface area contributed by atoms with Crippen LogP contribution in [-0.2, 0) is 32.2 Å². The highest BCUT2D eigenvalue weighted by molar-refractivity contribution is 5.95. The lowest BCUT2D eigenvalue weighted by Crippen LogP contribution is -2.58. The third-order valence-electron chi connectivity index (χ3n) is 8.15. The number of hydrogen-bond acceptors (Lipinski definition) is 7. The Kier molecular flexibility index (Phi) is 11.8. The minimum absolute atomic E-state index is 0.0439. The van der Waals surface area contributed by atoms with Crippen molar-refractivity contribution < 1.29 is 33.0 Å². The number of likely N-dealkylation sites (tertiary alicyclic amines) is 1. The number of rotatable bonds is 11. The Morgan fingerprint density at radius 1 is 1.11 bits per heavy atom. The number of piperidine rings is 1. The maximum atomic E-state index is 14.6. The summed E-state index contributed by atoms with van der Waals surface area (Å²) in [6.45, 7) is 12.8. The summed E-state index contributed by atoms with van der Waals surface area (Å²) in [5, 5.41) is 0. The molecular weight excluding hydrogens is 581 g/mol. The molecule has 2 fully saturated rings. The first kappa shape index (κ1) is 34.6. The molecule has 2 aliphatic heterocycles. The standard InChI is InChI=1S/C33H50FN5O6/c1-23(2)20-39(31(41)29-35-27-10-9-24(19-34)17-28(27)38(29)11-7-8-14-43-6)26-18-25(30(40)36-12-15-44-16-13-36)21-37(22-26)32(42)45-33(3,4)5/h9-10,17,23,25-26H,7-8,11-16,18-22H2,1-6H3. The molecule has 45 heavy (non-hydrogen) atoms. The normalized spacial score (nSPS) is 19.3. The van der Waals surface area contributed by atoms with Crippen LogP contribution in [0.2, 0.25) is 0 Å². The van der Waals surface area contributed by atoms with Crippen molar-refractivity contribution in [3.05, 3.63) is 29.6 Å². The van der Waals surface area contributed by atoms with E-state index < -0.39 is 30.3 Å². The van der Waals surface area contributed by atoms with E-state index in [-0.39, 0.29) is 36.6 Å². The zero-order chi connectivity index (χ0) is 32.7. The minimum Gasteiger partial charge on any atom is -0.444 e. The van der Waals surface area contributed by atoms with Crippen LogP contribution < -0.4 is 0 Å². The molecule has 2 unspecified atom stereocenters. The predicted octanol–water partition coefficient (Wildman–Crippen LogP) is 4.52. The van der Waals surface area contributed by atoms with Gasteiger partial charge in [0, 0.05) is 53.0 Å². The molecule has 0 aliphatic carbocycles. The summed E-state index contributed by atoms with van der Waals surface area (Å²) in [6, 6.07) is 4.75. The second-order valence-electron chi connectivity index (χ2n) is 13.5. The number of ether oxygens (including phenoxy) is 3. The second kappa shape index (κ2) is 15.4. The van der Waals surface area contributed by atoms with Crippen LogP contribution >= 0.6 is 0 Å². The predicted molar refractivity (Wildman–Crippen MR) is 169 cm³/mol. The smallest absolute Gasteiger partial charge is 0.410 e. The summed E-state index contributed by atoms with van der Waals surface area (Å²) < 4.78 is 32.0. The molecule has 3 amide bonds. The van der Waals surface area contributed by atoms with Crippen LogP contribution in [0.5, 0.6) is 0 Å². The van der Waals surface area contributed by atoms with E-state index in [1.807, 2.05) is 39.2 Å². The second-order valence-corrected chi connectivity index (χ2v) is 13.5. The molecule has 1 aromatic carbocycles. The molecule has 1 aromatic heterocycles. The van der Waals surface area contributed by atoms with Crippen molar-refractivity contribution in [1.29, 1.82) is 0 Å².